The lowest BCUT2D eigenvalue weighted by atomic mass is 9.87. The van der Waals surface area contributed by atoms with Crippen LogP contribution in [-0.2, 0) is 12.8 Å². The number of amides is 1. The molecule has 1 saturated carbocycles. The number of H-pyrrole nitrogens is 1. The van der Waals surface area contributed by atoms with Crippen molar-refractivity contribution < 1.29 is 9.90 Å². The lowest BCUT2D eigenvalue weighted by Gasteiger charge is -2.25. The minimum atomic E-state index is -0.297. The van der Waals surface area contributed by atoms with Gasteiger partial charge in [0.05, 0.1) is 6.10 Å². The summed E-state index contributed by atoms with van der Waals surface area (Å²) in [6.07, 6.45) is 7.41. The van der Waals surface area contributed by atoms with E-state index < -0.39 is 0 Å². The molecule has 1 aromatic heterocycles. The third kappa shape index (κ3) is 3.40. The molecule has 0 radical (unpaired) electrons. The Morgan fingerprint density at radius 1 is 1.27 bits per heavy atom. The Bertz CT molecular complexity index is 608. The van der Waals surface area contributed by atoms with Crippen LogP contribution in [0.25, 0.3) is 0 Å². The first-order valence-corrected chi connectivity index (χ1v) is 8.35. The van der Waals surface area contributed by atoms with Crippen molar-refractivity contribution in [2.45, 2.75) is 57.5 Å². The number of carbonyl (C=O) groups is 1. The molecule has 2 aliphatic carbocycles. The fourth-order valence-corrected chi connectivity index (χ4v) is 3.62. The van der Waals surface area contributed by atoms with Gasteiger partial charge in [0, 0.05) is 12.2 Å². The third-order valence-electron chi connectivity index (χ3n) is 4.89. The minimum Gasteiger partial charge on any atom is -0.393 e. The Hall–Kier alpha value is -1.62. The van der Waals surface area contributed by atoms with E-state index in [0.29, 0.717) is 12.5 Å². The van der Waals surface area contributed by atoms with Crippen molar-refractivity contribution in [1.29, 1.82) is 0 Å². The Kier molecular flexibility index (Phi) is 4.62. The van der Waals surface area contributed by atoms with Crippen molar-refractivity contribution >= 4 is 5.91 Å². The first-order valence-electron chi connectivity index (χ1n) is 8.35. The summed E-state index contributed by atoms with van der Waals surface area (Å²) in [5.41, 5.74) is 2.02. The van der Waals surface area contributed by atoms with Gasteiger partial charge in [-0.05, 0) is 62.5 Å². The van der Waals surface area contributed by atoms with Crippen molar-refractivity contribution in [3.05, 3.63) is 33.2 Å². The number of carbonyl (C=O) groups excluding carboxylic acids is 1. The molecule has 1 amide bonds. The van der Waals surface area contributed by atoms with Crippen LogP contribution in [0.3, 0.4) is 0 Å². The zero-order valence-corrected chi connectivity index (χ0v) is 12.9. The number of fused-ring (bicyclic) bond motifs is 1. The summed E-state index contributed by atoms with van der Waals surface area (Å²) in [7, 11) is 0. The lowest BCUT2D eigenvalue weighted by Crippen LogP contribution is -2.36. The van der Waals surface area contributed by atoms with Crippen LogP contribution in [0.1, 0.15) is 60.1 Å². The summed E-state index contributed by atoms with van der Waals surface area (Å²) >= 11 is 0. The summed E-state index contributed by atoms with van der Waals surface area (Å²) in [4.78, 5) is 27.2. The maximum atomic E-state index is 12.3. The average Bonchev–Trinajstić information content (AvgIpc) is 2.52. The van der Waals surface area contributed by atoms with Gasteiger partial charge in [0.1, 0.15) is 5.56 Å². The average molecular weight is 304 g/mol. The topological polar surface area (TPSA) is 82.2 Å². The van der Waals surface area contributed by atoms with E-state index in [1.807, 2.05) is 0 Å². The van der Waals surface area contributed by atoms with Crippen molar-refractivity contribution in [2.75, 3.05) is 6.54 Å². The highest BCUT2D eigenvalue weighted by Gasteiger charge is 2.22. The van der Waals surface area contributed by atoms with E-state index in [1.165, 1.54) is 0 Å². The van der Waals surface area contributed by atoms with Crippen LogP contribution in [0.5, 0.6) is 0 Å². The van der Waals surface area contributed by atoms with E-state index in [4.69, 9.17) is 0 Å². The van der Waals surface area contributed by atoms with Crippen molar-refractivity contribution in [2.24, 2.45) is 5.92 Å². The monoisotopic (exact) mass is 304 g/mol. The van der Waals surface area contributed by atoms with E-state index in [2.05, 4.69) is 10.3 Å². The molecule has 5 heteroatoms. The lowest BCUT2D eigenvalue weighted by molar-refractivity contribution is 0.0872. The number of aromatic nitrogens is 1. The van der Waals surface area contributed by atoms with Gasteiger partial charge in [0.2, 0.25) is 0 Å². The molecule has 0 aliphatic heterocycles. The Morgan fingerprint density at radius 3 is 2.91 bits per heavy atom. The molecule has 3 rings (SSSR count). The summed E-state index contributed by atoms with van der Waals surface area (Å²) in [5, 5.41) is 12.5. The largest absolute Gasteiger partial charge is 0.393 e. The molecular weight excluding hydrogens is 280 g/mol. The summed E-state index contributed by atoms with van der Waals surface area (Å²) in [5.74, 6) is 0.0131. The maximum absolute atomic E-state index is 12.3. The van der Waals surface area contributed by atoms with Crippen LogP contribution in [0.15, 0.2) is 10.9 Å². The molecule has 3 N–H and O–H groups in total. The number of hydrogen-bond acceptors (Lipinski definition) is 3. The Labute approximate surface area is 130 Å². The van der Waals surface area contributed by atoms with Gasteiger partial charge in [0.15, 0.2) is 0 Å². The molecule has 0 aromatic carbocycles. The van der Waals surface area contributed by atoms with Gasteiger partial charge >= 0.3 is 0 Å². The van der Waals surface area contributed by atoms with Crippen molar-refractivity contribution in [1.82, 2.24) is 10.3 Å². The highest BCUT2D eigenvalue weighted by Crippen LogP contribution is 2.23. The SMILES string of the molecule is O=C(NCC1CCCC(O)C1)c1cc2c([nH]c1=O)CCCC2. The van der Waals surface area contributed by atoms with Gasteiger partial charge in [-0.2, -0.15) is 0 Å². The Balaban J connectivity index is 1.66. The standard InChI is InChI=1S/C17H24N2O3/c20-13-6-3-4-11(8-13)10-18-16(21)14-9-12-5-1-2-7-15(12)19-17(14)22/h9,11,13,20H,1-8,10H2,(H,18,21)(H,19,22). The second kappa shape index (κ2) is 6.65. The minimum absolute atomic E-state index is 0.219. The molecule has 2 unspecified atom stereocenters. The molecule has 2 aliphatic rings. The molecule has 22 heavy (non-hydrogen) atoms. The second-order valence-corrected chi connectivity index (χ2v) is 6.62. The summed E-state index contributed by atoms with van der Waals surface area (Å²) in [6.45, 7) is 0.534. The van der Waals surface area contributed by atoms with Gasteiger partial charge in [-0.3, -0.25) is 9.59 Å². The predicted molar refractivity (Wildman–Crippen MR) is 84.0 cm³/mol. The Morgan fingerprint density at radius 2 is 2.09 bits per heavy atom. The van der Waals surface area contributed by atoms with Crippen molar-refractivity contribution in [3.63, 3.8) is 0 Å². The van der Waals surface area contributed by atoms with E-state index in [1.54, 1.807) is 6.07 Å². The molecule has 0 saturated heterocycles. The zero-order chi connectivity index (χ0) is 15.5. The molecule has 0 spiro atoms. The first kappa shape index (κ1) is 15.3. The van der Waals surface area contributed by atoms with Crippen molar-refractivity contribution in [3.8, 4) is 0 Å². The molecule has 120 valence electrons. The van der Waals surface area contributed by atoms with E-state index in [9.17, 15) is 14.7 Å². The second-order valence-electron chi connectivity index (χ2n) is 6.62. The molecule has 5 nitrogen and oxygen atoms in total. The molecule has 1 aromatic rings. The van der Waals surface area contributed by atoms with E-state index >= 15 is 0 Å². The van der Waals surface area contributed by atoms with Crippen LogP contribution in [-0.4, -0.2) is 28.6 Å². The number of nitrogens with one attached hydrogen (secondary N) is 2. The highest BCUT2D eigenvalue weighted by atomic mass is 16.3. The number of aryl methyl sites for hydroxylation is 2. The van der Waals surface area contributed by atoms with Gasteiger partial charge in [0.25, 0.3) is 11.5 Å². The normalized spacial score (nSPS) is 24.6. The summed E-state index contributed by atoms with van der Waals surface area (Å²) in [6, 6.07) is 1.76. The quantitative estimate of drug-likeness (QED) is 0.792. The number of aliphatic hydroxyl groups is 1. The van der Waals surface area contributed by atoms with Crippen LogP contribution in [0, 0.1) is 5.92 Å². The van der Waals surface area contributed by atoms with E-state index in [0.717, 1.165) is 62.6 Å². The fraction of sp³-hybridized carbons (Fsp3) is 0.647. The molecule has 2 atom stereocenters. The van der Waals surface area contributed by atoms with Gasteiger partial charge in [-0.25, -0.2) is 0 Å². The molecule has 1 heterocycles. The van der Waals surface area contributed by atoms with Crippen LogP contribution >= 0.6 is 0 Å². The molecule has 0 bridgehead atoms. The zero-order valence-electron chi connectivity index (χ0n) is 12.9. The van der Waals surface area contributed by atoms with Gasteiger partial charge < -0.3 is 15.4 Å². The number of pyridine rings is 1. The van der Waals surface area contributed by atoms with Crippen LogP contribution in [0.4, 0.5) is 0 Å². The van der Waals surface area contributed by atoms with E-state index in [-0.39, 0.29) is 23.1 Å². The summed E-state index contributed by atoms with van der Waals surface area (Å²) < 4.78 is 0. The smallest absolute Gasteiger partial charge is 0.261 e. The maximum Gasteiger partial charge on any atom is 0.261 e. The van der Waals surface area contributed by atoms with Crippen LogP contribution < -0.4 is 10.9 Å². The molecular formula is C17H24N2O3. The molecule has 1 fully saturated rings. The number of hydrogen-bond donors (Lipinski definition) is 3. The first-order chi connectivity index (χ1) is 10.6. The van der Waals surface area contributed by atoms with Crippen LogP contribution in [0.2, 0.25) is 0 Å². The number of rotatable bonds is 3. The van der Waals surface area contributed by atoms with Gasteiger partial charge in [-0.15, -0.1) is 0 Å². The number of aliphatic hydroxyl groups excluding tert-OH is 1. The fourth-order valence-electron chi connectivity index (χ4n) is 3.62. The predicted octanol–water partition coefficient (Wildman–Crippen LogP) is 1.53. The highest BCUT2D eigenvalue weighted by molar-refractivity contribution is 5.94. The van der Waals surface area contributed by atoms with Gasteiger partial charge in [-0.1, -0.05) is 6.42 Å². The third-order valence-corrected chi connectivity index (χ3v) is 4.89. The number of aromatic amines is 1.